The second-order valence-electron chi connectivity index (χ2n) is 3.32. The summed E-state index contributed by atoms with van der Waals surface area (Å²) in [4.78, 5) is 22.6. The highest BCUT2D eigenvalue weighted by Crippen LogP contribution is 2.28. The number of ether oxygens (including phenoxy) is 1. The predicted molar refractivity (Wildman–Crippen MR) is 63.8 cm³/mol. The van der Waals surface area contributed by atoms with Gasteiger partial charge in [-0.25, -0.2) is 0 Å². The molecule has 1 aromatic rings. The lowest BCUT2D eigenvalue weighted by atomic mass is 10.2. The molecule has 1 saturated heterocycles. The van der Waals surface area contributed by atoms with Gasteiger partial charge in [0, 0.05) is 6.07 Å². The van der Waals surface area contributed by atoms with Crippen LogP contribution in [0.3, 0.4) is 0 Å². The number of phenolic OH excluding ortho intramolecular Hbond substituents is 1. The van der Waals surface area contributed by atoms with Gasteiger partial charge < -0.3 is 9.84 Å². The van der Waals surface area contributed by atoms with Crippen molar-refractivity contribution in [1.29, 1.82) is 0 Å². The number of benzene rings is 1. The average molecular weight is 251 g/mol. The topological polar surface area (TPSA) is 75.6 Å². The number of nitrogens with one attached hydrogen (secondary N) is 1. The maximum atomic E-state index is 11.3. The quantitative estimate of drug-likeness (QED) is 0.783. The predicted octanol–water partition coefficient (Wildman–Crippen LogP) is 1.72. The number of aromatic hydroxyl groups is 1. The molecule has 0 atom stereocenters. The van der Waals surface area contributed by atoms with E-state index in [0.29, 0.717) is 16.2 Å². The number of hydrogen-bond acceptors (Lipinski definition) is 5. The lowest BCUT2D eigenvalue weighted by molar-refractivity contribution is -0.115. The van der Waals surface area contributed by atoms with E-state index in [1.165, 1.54) is 25.3 Å². The second-order valence-corrected chi connectivity index (χ2v) is 4.33. The zero-order valence-corrected chi connectivity index (χ0v) is 9.71. The van der Waals surface area contributed by atoms with Gasteiger partial charge in [-0.2, -0.15) is 0 Å². The lowest BCUT2D eigenvalue weighted by Crippen LogP contribution is -2.17. The number of methoxy groups -OCH3 is 1. The van der Waals surface area contributed by atoms with Crippen LogP contribution in [0, 0.1) is 0 Å². The molecule has 0 aliphatic carbocycles. The van der Waals surface area contributed by atoms with E-state index < -0.39 is 11.1 Å². The van der Waals surface area contributed by atoms with Gasteiger partial charge in [0.05, 0.1) is 12.0 Å². The van der Waals surface area contributed by atoms with Crippen molar-refractivity contribution in [2.45, 2.75) is 0 Å². The van der Waals surface area contributed by atoms with E-state index in [1.807, 2.05) is 0 Å². The normalized spacial score (nSPS) is 17.4. The van der Waals surface area contributed by atoms with Crippen molar-refractivity contribution in [3.05, 3.63) is 28.7 Å². The third-order valence-corrected chi connectivity index (χ3v) is 2.90. The molecule has 2 N–H and O–H groups in total. The summed E-state index contributed by atoms with van der Waals surface area (Å²) in [5.41, 5.74) is 0.592. The smallest absolute Gasteiger partial charge is 0.290 e. The van der Waals surface area contributed by atoms with E-state index in [1.54, 1.807) is 6.07 Å². The number of carbonyl (C=O) groups is 2. The van der Waals surface area contributed by atoms with E-state index in [-0.39, 0.29) is 5.75 Å². The molecule has 5 nitrogen and oxygen atoms in total. The highest BCUT2D eigenvalue weighted by atomic mass is 32.2. The van der Waals surface area contributed by atoms with Gasteiger partial charge in [0.15, 0.2) is 0 Å². The number of hydrogen-bond donors (Lipinski definition) is 2. The molecule has 1 aromatic carbocycles. The summed E-state index contributed by atoms with van der Waals surface area (Å²) in [7, 11) is 1.48. The zero-order valence-electron chi connectivity index (χ0n) is 8.89. The number of amides is 2. The Morgan fingerprint density at radius 1 is 1.35 bits per heavy atom. The van der Waals surface area contributed by atoms with Crippen LogP contribution in [0.5, 0.6) is 11.5 Å². The SMILES string of the molecule is COc1cc(O)cc(C=C2SC(=O)NC2=O)c1. The van der Waals surface area contributed by atoms with Gasteiger partial charge in [-0.15, -0.1) is 0 Å². The maximum Gasteiger partial charge on any atom is 0.290 e. The van der Waals surface area contributed by atoms with Gasteiger partial charge in [0.1, 0.15) is 11.5 Å². The van der Waals surface area contributed by atoms with Crippen molar-refractivity contribution in [2.75, 3.05) is 7.11 Å². The third kappa shape index (κ3) is 2.59. The zero-order chi connectivity index (χ0) is 12.4. The Hall–Kier alpha value is -1.95. The van der Waals surface area contributed by atoms with Crippen molar-refractivity contribution < 1.29 is 19.4 Å². The molecule has 1 aliphatic rings. The molecule has 17 heavy (non-hydrogen) atoms. The fourth-order valence-electron chi connectivity index (χ4n) is 1.38. The lowest BCUT2D eigenvalue weighted by Gasteiger charge is -2.02. The van der Waals surface area contributed by atoms with E-state index in [0.717, 1.165) is 11.8 Å². The molecule has 0 radical (unpaired) electrons. The van der Waals surface area contributed by atoms with Crippen LogP contribution in [0.15, 0.2) is 23.1 Å². The summed E-state index contributed by atoms with van der Waals surface area (Å²) < 4.78 is 4.98. The molecular weight excluding hydrogens is 242 g/mol. The minimum absolute atomic E-state index is 0.0333. The largest absolute Gasteiger partial charge is 0.508 e. The Bertz CT molecular complexity index is 524. The minimum atomic E-state index is -0.428. The molecule has 0 spiro atoms. The Morgan fingerprint density at radius 3 is 2.71 bits per heavy atom. The highest BCUT2D eigenvalue weighted by Gasteiger charge is 2.24. The van der Waals surface area contributed by atoms with E-state index in [9.17, 15) is 14.7 Å². The second kappa shape index (κ2) is 4.50. The first-order valence-corrected chi connectivity index (χ1v) is 5.53. The summed E-state index contributed by atoms with van der Waals surface area (Å²) in [6.45, 7) is 0. The molecule has 88 valence electrons. The first-order chi connectivity index (χ1) is 8.08. The monoisotopic (exact) mass is 251 g/mol. The number of imide groups is 1. The van der Waals surface area contributed by atoms with E-state index in [4.69, 9.17) is 4.74 Å². The fraction of sp³-hybridized carbons (Fsp3) is 0.0909. The Balaban J connectivity index is 2.35. The summed E-state index contributed by atoms with van der Waals surface area (Å²) >= 11 is 0.827. The first kappa shape index (κ1) is 11.5. The van der Waals surface area contributed by atoms with Crippen LogP contribution in [0.2, 0.25) is 0 Å². The van der Waals surface area contributed by atoms with Crippen molar-refractivity contribution in [2.24, 2.45) is 0 Å². The van der Waals surface area contributed by atoms with Gasteiger partial charge in [0.25, 0.3) is 11.1 Å². The van der Waals surface area contributed by atoms with Crippen LogP contribution in [0.4, 0.5) is 4.79 Å². The van der Waals surface area contributed by atoms with Gasteiger partial charge in [-0.1, -0.05) is 0 Å². The van der Waals surface area contributed by atoms with Crippen LogP contribution in [-0.2, 0) is 4.79 Å². The molecule has 1 aliphatic heterocycles. The van der Waals surface area contributed by atoms with E-state index in [2.05, 4.69) is 5.32 Å². The molecule has 0 bridgehead atoms. The molecule has 1 fully saturated rings. The highest BCUT2D eigenvalue weighted by molar-refractivity contribution is 8.18. The van der Waals surface area contributed by atoms with Gasteiger partial charge in [-0.3, -0.25) is 14.9 Å². The Labute approximate surface area is 101 Å². The average Bonchev–Trinajstić information content (AvgIpc) is 2.56. The van der Waals surface area contributed by atoms with Crippen molar-refractivity contribution in [3.8, 4) is 11.5 Å². The fourth-order valence-corrected chi connectivity index (χ4v) is 2.06. The molecule has 0 saturated carbocycles. The van der Waals surface area contributed by atoms with Gasteiger partial charge in [0.2, 0.25) is 0 Å². The van der Waals surface area contributed by atoms with Gasteiger partial charge >= 0.3 is 0 Å². The van der Waals surface area contributed by atoms with Crippen LogP contribution in [0.1, 0.15) is 5.56 Å². The molecule has 0 unspecified atom stereocenters. The number of rotatable bonds is 2. The number of thioether (sulfide) groups is 1. The van der Waals surface area contributed by atoms with Crippen molar-refractivity contribution >= 4 is 29.0 Å². The number of phenols is 1. The minimum Gasteiger partial charge on any atom is -0.508 e. The Kier molecular flexibility index (Phi) is 3.06. The summed E-state index contributed by atoms with van der Waals surface area (Å²) in [5.74, 6) is 0.0832. The molecule has 6 heteroatoms. The molecule has 1 heterocycles. The summed E-state index contributed by atoms with van der Waals surface area (Å²) in [5, 5.41) is 11.2. The van der Waals surface area contributed by atoms with Crippen molar-refractivity contribution in [3.63, 3.8) is 0 Å². The van der Waals surface area contributed by atoms with Gasteiger partial charge in [-0.05, 0) is 35.5 Å². The molecule has 0 aromatic heterocycles. The van der Waals surface area contributed by atoms with Crippen molar-refractivity contribution in [1.82, 2.24) is 5.32 Å². The van der Waals surface area contributed by atoms with Crippen LogP contribution in [0.25, 0.3) is 6.08 Å². The Morgan fingerprint density at radius 2 is 2.12 bits per heavy atom. The summed E-state index contributed by atoms with van der Waals surface area (Å²) in [6.07, 6.45) is 1.52. The molecular formula is C11H9NO4S. The van der Waals surface area contributed by atoms with Crippen LogP contribution in [-0.4, -0.2) is 23.4 Å². The van der Waals surface area contributed by atoms with Crippen LogP contribution >= 0.6 is 11.8 Å². The third-order valence-electron chi connectivity index (χ3n) is 2.09. The molecule has 2 rings (SSSR count). The summed E-state index contributed by atoms with van der Waals surface area (Å²) in [6, 6.07) is 4.59. The first-order valence-electron chi connectivity index (χ1n) is 4.71. The number of carbonyl (C=O) groups excluding carboxylic acids is 2. The van der Waals surface area contributed by atoms with E-state index >= 15 is 0 Å². The van der Waals surface area contributed by atoms with Crippen LogP contribution < -0.4 is 10.1 Å². The standard InChI is InChI=1S/C11H9NO4S/c1-16-8-3-6(2-7(13)5-8)4-9-10(14)12-11(15)17-9/h2-5,13H,1H3,(H,12,14,15). The maximum absolute atomic E-state index is 11.3. The molecule has 2 amide bonds.